The molecule has 0 radical (unpaired) electrons. The lowest BCUT2D eigenvalue weighted by Crippen LogP contribution is -2.42. The lowest BCUT2D eigenvalue weighted by Gasteiger charge is -2.29. The summed E-state index contributed by atoms with van der Waals surface area (Å²) in [5, 5.41) is 8.89. The summed E-state index contributed by atoms with van der Waals surface area (Å²) < 4.78 is 31.4. The third-order valence-corrected chi connectivity index (χ3v) is 4.58. The van der Waals surface area contributed by atoms with Crippen LogP contribution in [0.1, 0.15) is 10.4 Å². The summed E-state index contributed by atoms with van der Waals surface area (Å²) in [7, 11) is 0.310. The zero-order valence-electron chi connectivity index (χ0n) is 11.0. The van der Waals surface area contributed by atoms with Crippen LogP contribution >= 0.6 is 0 Å². The number of hydrogen-bond acceptors (Lipinski definition) is 4. The number of carboxylic acids is 1. The molecule has 7 heteroatoms. The molecule has 0 saturated carbocycles. The van der Waals surface area contributed by atoms with Crippen molar-refractivity contribution in [1.29, 1.82) is 0 Å². The SMILES string of the molecule is CN1CCOC(CS(=O)c2cc(C(=O)O)ccc2F)C1. The molecule has 110 valence electrons. The summed E-state index contributed by atoms with van der Waals surface area (Å²) >= 11 is 0. The molecule has 2 unspecified atom stereocenters. The van der Waals surface area contributed by atoms with Crippen LogP contribution in [0.15, 0.2) is 23.1 Å². The van der Waals surface area contributed by atoms with Gasteiger partial charge in [0, 0.05) is 13.1 Å². The summed E-state index contributed by atoms with van der Waals surface area (Å²) in [4.78, 5) is 12.8. The normalized spacial score (nSPS) is 21.6. The van der Waals surface area contributed by atoms with Gasteiger partial charge in [0.1, 0.15) is 5.82 Å². The van der Waals surface area contributed by atoms with E-state index in [4.69, 9.17) is 9.84 Å². The Balaban J connectivity index is 2.12. The van der Waals surface area contributed by atoms with Crippen molar-refractivity contribution in [3.63, 3.8) is 0 Å². The first-order chi connectivity index (χ1) is 9.47. The minimum absolute atomic E-state index is 0.0727. The number of ether oxygens (including phenoxy) is 1. The van der Waals surface area contributed by atoms with Crippen LogP contribution in [0.4, 0.5) is 4.39 Å². The van der Waals surface area contributed by atoms with E-state index in [0.29, 0.717) is 13.2 Å². The third-order valence-electron chi connectivity index (χ3n) is 3.10. The van der Waals surface area contributed by atoms with Gasteiger partial charge in [-0.2, -0.15) is 0 Å². The number of carboxylic acid groups (broad SMARTS) is 1. The minimum atomic E-state index is -1.62. The fourth-order valence-electron chi connectivity index (χ4n) is 2.04. The molecule has 0 aliphatic carbocycles. The maximum Gasteiger partial charge on any atom is 0.335 e. The summed E-state index contributed by atoms with van der Waals surface area (Å²) in [6.45, 7) is 1.99. The number of halogens is 1. The van der Waals surface area contributed by atoms with Gasteiger partial charge in [0.25, 0.3) is 0 Å². The van der Waals surface area contributed by atoms with E-state index in [1.54, 1.807) is 0 Å². The van der Waals surface area contributed by atoms with Crippen LogP contribution in [0, 0.1) is 5.82 Å². The van der Waals surface area contributed by atoms with Crippen LogP contribution in [-0.2, 0) is 15.5 Å². The van der Waals surface area contributed by atoms with Crippen LogP contribution in [0.3, 0.4) is 0 Å². The van der Waals surface area contributed by atoms with Crippen molar-refractivity contribution in [3.8, 4) is 0 Å². The summed E-state index contributed by atoms with van der Waals surface area (Å²) in [5.74, 6) is -1.67. The van der Waals surface area contributed by atoms with Crippen LogP contribution in [0.5, 0.6) is 0 Å². The fraction of sp³-hybridized carbons (Fsp3) is 0.462. The second-order valence-electron chi connectivity index (χ2n) is 4.72. The topological polar surface area (TPSA) is 66.8 Å². The highest BCUT2D eigenvalue weighted by molar-refractivity contribution is 7.85. The summed E-state index contributed by atoms with van der Waals surface area (Å²) in [5.41, 5.74) is -0.0727. The monoisotopic (exact) mass is 301 g/mol. The van der Waals surface area contributed by atoms with Crippen LogP contribution in [0.25, 0.3) is 0 Å². The van der Waals surface area contributed by atoms with Gasteiger partial charge in [-0.15, -0.1) is 0 Å². The van der Waals surface area contributed by atoms with E-state index in [1.165, 1.54) is 0 Å². The van der Waals surface area contributed by atoms with E-state index >= 15 is 0 Å². The molecule has 1 fully saturated rings. The molecule has 1 heterocycles. The molecule has 20 heavy (non-hydrogen) atoms. The van der Waals surface area contributed by atoms with E-state index < -0.39 is 22.6 Å². The maximum absolute atomic E-state index is 13.7. The van der Waals surface area contributed by atoms with Crippen molar-refractivity contribution in [3.05, 3.63) is 29.6 Å². The van der Waals surface area contributed by atoms with Crippen LogP contribution in [0.2, 0.25) is 0 Å². The molecule has 1 aromatic carbocycles. The molecule has 1 aliphatic heterocycles. The molecule has 0 spiro atoms. The average Bonchev–Trinajstić information content (AvgIpc) is 2.38. The van der Waals surface area contributed by atoms with E-state index in [1.807, 2.05) is 7.05 Å². The van der Waals surface area contributed by atoms with Gasteiger partial charge in [0.05, 0.1) is 39.7 Å². The number of aromatic carboxylic acids is 1. The molecule has 1 saturated heterocycles. The highest BCUT2D eigenvalue weighted by atomic mass is 32.2. The predicted octanol–water partition coefficient (Wildman–Crippen LogP) is 0.962. The van der Waals surface area contributed by atoms with Crippen molar-refractivity contribution in [2.75, 3.05) is 32.5 Å². The van der Waals surface area contributed by atoms with Gasteiger partial charge in [-0.3, -0.25) is 4.21 Å². The van der Waals surface area contributed by atoms with E-state index in [0.717, 1.165) is 24.7 Å². The summed E-state index contributed by atoms with van der Waals surface area (Å²) in [6.07, 6.45) is -0.234. The van der Waals surface area contributed by atoms with Gasteiger partial charge in [0.2, 0.25) is 0 Å². The number of likely N-dealkylation sites (N-methyl/N-ethyl adjacent to an activating group) is 1. The van der Waals surface area contributed by atoms with Crippen molar-refractivity contribution < 1.29 is 23.2 Å². The molecular weight excluding hydrogens is 285 g/mol. The quantitative estimate of drug-likeness (QED) is 0.897. The first-order valence-electron chi connectivity index (χ1n) is 6.18. The molecule has 0 bridgehead atoms. The van der Waals surface area contributed by atoms with Gasteiger partial charge in [-0.05, 0) is 25.2 Å². The molecular formula is C13H16FNO4S. The standard InChI is InChI=1S/C13H16FNO4S/c1-15-4-5-19-10(7-15)8-20(18)12-6-9(13(16)17)2-3-11(12)14/h2-3,6,10H,4-5,7-8H2,1H3,(H,16,17). The van der Waals surface area contributed by atoms with E-state index in [-0.39, 0.29) is 22.3 Å². The Morgan fingerprint density at radius 3 is 3.00 bits per heavy atom. The maximum atomic E-state index is 13.7. The molecule has 1 aromatic rings. The second-order valence-corrected chi connectivity index (χ2v) is 6.18. The number of nitrogens with zero attached hydrogens (tertiary/aromatic N) is 1. The molecule has 0 amide bonds. The Bertz CT molecular complexity index is 537. The fourth-order valence-corrected chi connectivity index (χ4v) is 3.30. The summed E-state index contributed by atoms with van der Waals surface area (Å²) in [6, 6.07) is 3.31. The van der Waals surface area contributed by atoms with Gasteiger partial charge >= 0.3 is 5.97 Å². The van der Waals surface area contributed by atoms with Crippen LogP contribution < -0.4 is 0 Å². The Labute approximate surface area is 118 Å². The number of hydrogen-bond donors (Lipinski definition) is 1. The Hall–Kier alpha value is -1.31. The number of morpholine rings is 1. The average molecular weight is 301 g/mol. The highest BCUT2D eigenvalue weighted by Crippen LogP contribution is 2.17. The van der Waals surface area contributed by atoms with E-state index in [9.17, 15) is 13.4 Å². The Morgan fingerprint density at radius 1 is 1.60 bits per heavy atom. The van der Waals surface area contributed by atoms with Crippen molar-refractivity contribution in [2.45, 2.75) is 11.0 Å². The van der Waals surface area contributed by atoms with Crippen LogP contribution in [-0.4, -0.2) is 58.8 Å². The zero-order chi connectivity index (χ0) is 14.7. The third kappa shape index (κ3) is 3.62. The number of rotatable bonds is 4. The molecule has 1 N–H and O–H groups in total. The zero-order valence-corrected chi connectivity index (χ0v) is 11.9. The molecule has 0 aromatic heterocycles. The largest absolute Gasteiger partial charge is 0.478 e. The lowest BCUT2D eigenvalue weighted by molar-refractivity contribution is -0.00641. The van der Waals surface area contributed by atoms with Crippen molar-refractivity contribution in [1.82, 2.24) is 4.90 Å². The number of carbonyl (C=O) groups is 1. The van der Waals surface area contributed by atoms with Crippen molar-refractivity contribution >= 4 is 16.8 Å². The molecule has 1 aliphatic rings. The van der Waals surface area contributed by atoms with E-state index in [2.05, 4.69) is 4.90 Å². The smallest absolute Gasteiger partial charge is 0.335 e. The molecule has 2 atom stereocenters. The first-order valence-corrected chi connectivity index (χ1v) is 7.50. The second kappa shape index (κ2) is 6.43. The predicted molar refractivity (Wildman–Crippen MR) is 71.9 cm³/mol. The van der Waals surface area contributed by atoms with Gasteiger partial charge < -0.3 is 14.7 Å². The van der Waals surface area contributed by atoms with Gasteiger partial charge in [-0.25, -0.2) is 9.18 Å². The first kappa shape index (κ1) is 15.1. The highest BCUT2D eigenvalue weighted by Gasteiger charge is 2.22. The lowest BCUT2D eigenvalue weighted by atomic mass is 10.2. The number of benzene rings is 1. The Morgan fingerprint density at radius 2 is 2.35 bits per heavy atom. The van der Waals surface area contributed by atoms with Gasteiger partial charge in [-0.1, -0.05) is 0 Å². The molecule has 2 rings (SSSR count). The van der Waals surface area contributed by atoms with Crippen molar-refractivity contribution in [2.24, 2.45) is 0 Å². The minimum Gasteiger partial charge on any atom is -0.478 e. The van der Waals surface area contributed by atoms with Gasteiger partial charge in [0.15, 0.2) is 0 Å². The Kier molecular flexibility index (Phi) is 4.85. The molecule has 5 nitrogen and oxygen atoms in total.